The molecule has 0 amide bonds. The molecule has 2 nitrogen and oxygen atoms in total. The van der Waals surface area contributed by atoms with E-state index in [1.165, 1.54) is 15.5 Å². The highest BCUT2D eigenvalue weighted by Gasteiger charge is 2.11. The minimum Gasteiger partial charge on any atom is -0.377 e. The lowest BCUT2D eigenvalue weighted by Crippen LogP contribution is -2.03. The van der Waals surface area contributed by atoms with Crippen LogP contribution in [0.15, 0.2) is 6.08 Å². The Morgan fingerprint density at radius 1 is 1.46 bits per heavy atom. The zero-order valence-corrected chi connectivity index (χ0v) is 8.78. The first-order chi connectivity index (χ1) is 6.27. The maximum absolute atomic E-state index is 5.26. The van der Waals surface area contributed by atoms with Crippen molar-refractivity contribution in [1.29, 1.82) is 0 Å². The van der Waals surface area contributed by atoms with E-state index in [1.54, 1.807) is 11.3 Å². The van der Waals surface area contributed by atoms with Crippen molar-refractivity contribution in [3.8, 4) is 0 Å². The minimum absolute atomic E-state index is 0.743. The van der Waals surface area contributed by atoms with Crippen LogP contribution in [-0.2, 0) is 4.74 Å². The van der Waals surface area contributed by atoms with Gasteiger partial charge in [0, 0.05) is 4.88 Å². The summed E-state index contributed by atoms with van der Waals surface area (Å²) in [6.07, 6.45) is 3.15. The molecule has 0 unspecified atom stereocenters. The van der Waals surface area contributed by atoms with Crippen molar-refractivity contribution in [3.05, 3.63) is 21.7 Å². The number of ether oxygens (including phenoxy) is 1. The Bertz CT molecular complexity index is 321. The Morgan fingerprint density at radius 2 is 2.31 bits per heavy atom. The van der Waals surface area contributed by atoms with Crippen LogP contribution < -0.4 is 0 Å². The predicted octanol–water partition coefficient (Wildman–Crippen LogP) is 2.56. The Hall–Kier alpha value is -0.670. The third kappa shape index (κ3) is 1.81. The molecule has 13 heavy (non-hydrogen) atoms. The Balaban J connectivity index is 2.29. The SMILES string of the molecule is Cc1nc(C2=CCOCC2)sc1C. The van der Waals surface area contributed by atoms with Gasteiger partial charge < -0.3 is 4.74 Å². The van der Waals surface area contributed by atoms with E-state index in [0.29, 0.717) is 0 Å². The molecular weight excluding hydrogens is 182 g/mol. The highest BCUT2D eigenvalue weighted by Crippen LogP contribution is 2.27. The van der Waals surface area contributed by atoms with Crippen LogP contribution in [0.25, 0.3) is 5.57 Å². The predicted molar refractivity (Wildman–Crippen MR) is 55.0 cm³/mol. The second kappa shape index (κ2) is 3.60. The fourth-order valence-electron chi connectivity index (χ4n) is 1.33. The summed E-state index contributed by atoms with van der Waals surface area (Å²) in [5.41, 5.74) is 2.51. The van der Waals surface area contributed by atoms with Gasteiger partial charge in [-0.1, -0.05) is 6.08 Å². The van der Waals surface area contributed by atoms with E-state index in [1.807, 2.05) is 0 Å². The van der Waals surface area contributed by atoms with E-state index in [2.05, 4.69) is 24.9 Å². The fourth-order valence-corrected chi connectivity index (χ4v) is 2.31. The minimum atomic E-state index is 0.743. The Labute approximate surface area is 82.3 Å². The maximum atomic E-state index is 5.26. The molecule has 0 radical (unpaired) electrons. The molecule has 0 spiro atoms. The van der Waals surface area contributed by atoms with Crippen LogP contribution in [0.1, 0.15) is 22.0 Å². The normalized spacial score (nSPS) is 17.2. The van der Waals surface area contributed by atoms with Crippen LogP contribution in [0.5, 0.6) is 0 Å². The molecule has 0 atom stereocenters. The van der Waals surface area contributed by atoms with Crippen molar-refractivity contribution >= 4 is 16.9 Å². The maximum Gasteiger partial charge on any atom is 0.119 e. The van der Waals surface area contributed by atoms with Crippen molar-refractivity contribution in [1.82, 2.24) is 4.98 Å². The quantitative estimate of drug-likeness (QED) is 0.687. The van der Waals surface area contributed by atoms with Crippen LogP contribution in [0.4, 0.5) is 0 Å². The van der Waals surface area contributed by atoms with Gasteiger partial charge in [-0.15, -0.1) is 11.3 Å². The molecule has 0 aliphatic carbocycles. The van der Waals surface area contributed by atoms with Crippen LogP contribution in [0, 0.1) is 13.8 Å². The molecule has 0 N–H and O–H groups in total. The van der Waals surface area contributed by atoms with Gasteiger partial charge in [0.15, 0.2) is 0 Å². The van der Waals surface area contributed by atoms with Crippen molar-refractivity contribution in [2.45, 2.75) is 20.3 Å². The van der Waals surface area contributed by atoms with Gasteiger partial charge in [-0.25, -0.2) is 4.98 Å². The first-order valence-electron chi connectivity index (χ1n) is 4.48. The molecule has 2 rings (SSSR count). The van der Waals surface area contributed by atoms with Gasteiger partial charge in [-0.3, -0.25) is 0 Å². The molecule has 1 aromatic rings. The number of nitrogens with zero attached hydrogens (tertiary/aromatic N) is 1. The second-order valence-electron chi connectivity index (χ2n) is 3.21. The number of hydrogen-bond acceptors (Lipinski definition) is 3. The van der Waals surface area contributed by atoms with Gasteiger partial charge in [0.05, 0.1) is 18.9 Å². The largest absolute Gasteiger partial charge is 0.377 e. The third-order valence-electron chi connectivity index (χ3n) is 2.27. The summed E-state index contributed by atoms with van der Waals surface area (Å²) in [6, 6.07) is 0. The zero-order valence-electron chi connectivity index (χ0n) is 7.96. The summed E-state index contributed by atoms with van der Waals surface area (Å²) in [5.74, 6) is 0. The van der Waals surface area contributed by atoms with E-state index in [9.17, 15) is 0 Å². The molecule has 0 bridgehead atoms. The standard InChI is InChI=1S/C10H13NOS/c1-7-8(2)13-10(11-7)9-3-5-12-6-4-9/h3H,4-6H2,1-2H3. The van der Waals surface area contributed by atoms with E-state index in [4.69, 9.17) is 4.74 Å². The first-order valence-corrected chi connectivity index (χ1v) is 5.30. The molecule has 0 aromatic carbocycles. The summed E-state index contributed by atoms with van der Waals surface area (Å²) in [4.78, 5) is 5.85. The lowest BCUT2D eigenvalue weighted by Gasteiger charge is -2.10. The van der Waals surface area contributed by atoms with Crippen LogP contribution in [-0.4, -0.2) is 18.2 Å². The van der Waals surface area contributed by atoms with E-state index >= 15 is 0 Å². The highest BCUT2D eigenvalue weighted by molar-refractivity contribution is 7.12. The lowest BCUT2D eigenvalue weighted by atomic mass is 10.2. The topological polar surface area (TPSA) is 22.1 Å². The number of hydrogen-bond donors (Lipinski definition) is 0. The Kier molecular flexibility index (Phi) is 2.47. The van der Waals surface area contributed by atoms with Crippen molar-refractivity contribution < 1.29 is 4.74 Å². The molecule has 1 aliphatic heterocycles. The second-order valence-corrected chi connectivity index (χ2v) is 4.42. The summed E-state index contributed by atoms with van der Waals surface area (Å²) < 4.78 is 5.26. The molecule has 1 aliphatic rings. The molecule has 0 saturated carbocycles. The smallest absolute Gasteiger partial charge is 0.119 e. The van der Waals surface area contributed by atoms with Crippen LogP contribution in [0.2, 0.25) is 0 Å². The average molecular weight is 195 g/mol. The molecule has 2 heterocycles. The van der Waals surface area contributed by atoms with E-state index in [0.717, 1.165) is 25.3 Å². The molecule has 0 fully saturated rings. The molecule has 70 valence electrons. The number of aromatic nitrogens is 1. The number of rotatable bonds is 1. The van der Waals surface area contributed by atoms with Gasteiger partial charge in [0.2, 0.25) is 0 Å². The van der Waals surface area contributed by atoms with Gasteiger partial charge in [0.1, 0.15) is 5.01 Å². The van der Waals surface area contributed by atoms with E-state index in [-0.39, 0.29) is 0 Å². The molecular formula is C10H13NOS. The monoisotopic (exact) mass is 195 g/mol. The van der Waals surface area contributed by atoms with Gasteiger partial charge in [-0.2, -0.15) is 0 Å². The first kappa shape index (κ1) is 8.91. The van der Waals surface area contributed by atoms with Crippen LogP contribution >= 0.6 is 11.3 Å². The fraction of sp³-hybridized carbons (Fsp3) is 0.500. The summed E-state index contributed by atoms with van der Waals surface area (Å²) in [6.45, 7) is 5.77. The molecule has 3 heteroatoms. The van der Waals surface area contributed by atoms with E-state index < -0.39 is 0 Å². The summed E-state index contributed by atoms with van der Waals surface area (Å²) in [7, 11) is 0. The number of aryl methyl sites for hydroxylation is 2. The summed E-state index contributed by atoms with van der Waals surface area (Å²) in [5, 5.41) is 1.18. The van der Waals surface area contributed by atoms with Gasteiger partial charge in [0.25, 0.3) is 0 Å². The molecule has 1 aromatic heterocycles. The summed E-state index contributed by atoms with van der Waals surface area (Å²) >= 11 is 1.79. The van der Waals surface area contributed by atoms with Crippen molar-refractivity contribution in [2.24, 2.45) is 0 Å². The Morgan fingerprint density at radius 3 is 2.85 bits per heavy atom. The highest BCUT2D eigenvalue weighted by atomic mass is 32.1. The third-order valence-corrected chi connectivity index (χ3v) is 3.41. The zero-order chi connectivity index (χ0) is 9.26. The van der Waals surface area contributed by atoms with Crippen molar-refractivity contribution in [2.75, 3.05) is 13.2 Å². The number of thiazole rings is 1. The van der Waals surface area contributed by atoms with Crippen LogP contribution in [0.3, 0.4) is 0 Å². The average Bonchev–Trinajstić information content (AvgIpc) is 2.49. The lowest BCUT2D eigenvalue weighted by molar-refractivity contribution is 0.161. The van der Waals surface area contributed by atoms with Crippen molar-refractivity contribution in [3.63, 3.8) is 0 Å². The van der Waals surface area contributed by atoms with Gasteiger partial charge >= 0.3 is 0 Å². The molecule has 0 saturated heterocycles. The van der Waals surface area contributed by atoms with Gasteiger partial charge in [-0.05, 0) is 25.8 Å².